The van der Waals surface area contributed by atoms with E-state index in [1.807, 2.05) is 0 Å². The molecule has 0 saturated carbocycles. The number of rotatable bonds is 3. The summed E-state index contributed by atoms with van der Waals surface area (Å²) in [5.74, 6) is 0. The first-order chi connectivity index (χ1) is 6.18. The van der Waals surface area contributed by atoms with Crippen molar-refractivity contribution in [2.45, 2.75) is 10.3 Å². The molecule has 0 spiro atoms. The molecule has 1 saturated heterocycles. The molecule has 0 aromatic carbocycles. The highest BCUT2D eigenvalue weighted by Gasteiger charge is 2.24. The number of nitrogens with one attached hydrogen (secondary N) is 2. The van der Waals surface area contributed by atoms with Crippen molar-refractivity contribution in [2.24, 2.45) is 0 Å². The molecule has 2 rings (SSSR count). The zero-order valence-corrected chi connectivity index (χ0v) is 9.71. The highest BCUT2D eigenvalue weighted by atomic mass is 35.5. The Morgan fingerprint density at radius 1 is 1.50 bits per heavy atom. The van der Waals surface area contributed by atoms with E-state index < -0.39 is 10.0 Å². The number of hydrogen-bond donors (Lipinski definition) is 2. The lowest BCUT2D eigenvalue weighted by molar-refractivity contribution is 0.410. The maximum absolute atomic E-state index is 11.6. The van der Waals surface area contributed by atoms with Crippen molar-refractivity contribution >= 4 is 33.8 Å². The second kappa shape index (κ2) is 4.59. The van der Waals surface area contributed by atoms with Gasteiger partial charge >= 0.3 is 0 Å². The third-order valence-electron chi connectivity index (χ3n) is 1.86. The van der Waals surface area contributed by atoms with E-state index in [9.17, 15) is 8.42 Å². The molecule has 0 unspecified atom stereocenters. The lowest BCUT2D eigenvalue weighted by atomic mass is 10.2. The first kappa shape index (κ1) is 11.9. The summed E-state index contributed by atoms with van der Waals surface area (Å²) in [4.78, 5) is 0. The molecule has 0 aliphatic carbocycles. The van der Waals surface area contributed by atoms with Crippen molar-refractivity contribution in [3.63, 3.8) is 0 Å². The molecule has 4 nitrogen and oxygen atoms in total. The lowest BCUT2D eigenvalue weighted by Crippen LogP contribution is -2.56. The van der Waals surface area contributed by atoms with Gasteiger partial charge in [0.05, 0.1) is 0 Å². The summed E-state index contributed by atoms with van der Waals surface area (Å²) < 4.78 is 26.1. The second-order valence-corrected chi connectivity index (χ2v) is 5.80. The molecule has 0 radical (unpaired) electrons. The monoisotopic (exact) mass is 254 g/mol. The summed E-state index contributed by atoms with van der Waals surface area (Å²) in [6.45, 7) is 1.45. The molecule has 1 aromatic heterocycles. The predicted molar refractivity (Wildman–Crippen MR) is 58.5 cm³/mol. The van der Waals surface area contributed by atoms with E-state index in [2.05, 4.69) is 10.0 Å². The minimum Gasteiger partial charge on any atom is -0.313 e. The van der Waals surface area contributed by atoms with Crippen LogP contribution in [0.15, 0.2) is 21.7 Å². The van der Waals surface area contributed by atoms with Gasteiger partial charge in [-0.25, -0.2) is 13.1 Å². The van der Waals surface area contributed by atoms with Crippen molar-refractivity contribution in [1.29, 1.82) is 0 Å². The van der Waals surface area contributed by atoms with E-state index >= 15 is 0 Å². The zero-order valence-electron chi connectivity index (χ0n) is 7.26. The van der Waals surface area contributed by atoms with Gasteiger partial charge in [0.15, 0.2) is 0 Å². The largest absolute Gasteiger partial charge is 0.313 e. The molecule has 0 bridgehead atoms. The third kappa shape index (κ3) is 2.46. The van der Waals surface area contributed by atoms with Crippen LogP contribution in [0.2, 0.25) is 0 Å². The lowest BCUT2D eigenvalue weighted by Gasteiger charge is -2.27. The van der Waals surface area contributed by atoms with Gasteiger partial charge in [-0.1, -0.05) is 6.07 Å². The Hall–Kier alpha value is -0.140. The van der Waals surface area contributed by atoms with Gasteiger partial charge in [-0.2, -0.15) is 0 Å². The fourth-order valence-corrected chi connectivity index (χ4v) is 3.31. The standard InChI is InChI=1S/C7H10N2O2S2.ClH/c10-13(11,7-2-1-3-12-7)9-6-4-8-5-6;/h1-3,6,8-9H,4-5H2;1H. The quantitative estimate of drug-likeness (QED) is 0.822. The summed E-state index contributed by atoms with van der Waals surface area (Å²) in [5.41, 5.74) is 0. The summed E-state index contributed by atoms with van der Waals surface area (Å²) in [6, 6.07) is 3.41. The summed E-state index contributed by atoms with van der Waals surface area (Å²) in [6.07, 6.45) is 0. The molecular weight excluding hydrogens is 244 g/mol. The number of thiophene rings is 1. The average Bonchev–Trinajstić information content (AvgIpc) is 2.49. The first-order valence-electron chi connectivity index (χ1n) is 3.95. The van der Waals surface area contributed by atoms with Crippen molar-refractivity contribution in [3.05, 3.63) is 17.5 Å². The first-order valence-corrected chi connectivity index (χ1v) is 6.31. The Labute approximate surface area is 93.2 Å². The van der Waals surface area contributed by atoms with Crippen LogP contribution >= 0.6 is 23.7 Å². The predicted octanol–water partition coefficient (Wildman–Crippen LogP) is 0.420. The van der Waals surface area contributed by atoms with Crippen LogP contribution in [-0.2, 0) is 10.0 Å². The number of hydrogen-bond acceptors (Lipinski definition) is 4. The van der Waals surface area contributed by atoms with Gasteiger partial charge in [0, 0.05) is 19.1 Å². The van der Waals surface area contributed by atoms with Gasteiger partial charge in [-0.3, -0.25) is 0 Å². The van der Waals surface area contributed by atoms with Gasteiger partial charge in [0.25, 0.3) is 0 Å². The van der Waals surface area contributed by atoms with E-state index in [0.717, 1.165) is 13.1 Å². The molecule has 14 heavy (non-hydrogen) atoms. The van der Waals surface area contributed by atoms with Crippen LogP contribution in [0.5, 0.6) is 0 Å². The van der Waals surface area contributed by atoms with Crippen LogP contribution in [0.1, 0.15) is 0 Å². The fourth-order valence-electron chi connectivity index (χ4n) is 1.07. The Balaban J connectivity index is 0.000000980. The van der Waals surface area contributed by atoms with E-state index in [1.54, 1.807) is 17.5 Å². The molecule has 1 aliphatic rings. The molecule has 2 N–H and O–H groups in total. The Morgan fingerprint density at radius 2 is 2.21 bits per heavy atom. The SMILES string of the molecule is Cl.O=S(=O)(NC1CNC1)c1cccs1. The summed E-state index contributed by atoms with van der Waals surface area (Å²) >= 11 is 1.24. The molecular formula is C7H11ClN2O2S2. The Kier molecular flexibility index (Phi) is 3.91. The van der Waals surface area contributed by atoms with Crippen molar-refractivity contribution < 1.29 is 8.42 Å². The number of sulfonamides is 1. The van der Waals surface area contributed by atoms with Crippen LogP contribution < -0.4 is 10.0 Å². The smallest absolute Gasteiger partial charge is 0.250 e. The van der Waals surface area contributed by atoms with Gasteiger partial charge in [0.1, 0.15) is 4.21 Å². The van der Waals surface area contributed by atoms with E-state index in [4.69, 9.17) is 0 Å². The van der Waals surface area contributed by atoms with Crippen molar-refractivity contribution in [3.8, 4) is 0 Å². The molecule has 2 heterocycles. The molecule has 1 aromatic rings. The fraction of sp³-hybridized carbons (Fsp3) is 0.429. The molecule has 1 aliphatic heterocycles. The van der Waals surface area contributed by atoms with E-state index in [-0.39, 0.29) is 18.4 Å². The highest BCUT2D eigenvalue weighted by molar-refractivity contribution is 7.91. The van der Waals surface area contributed by atoms with Crippen LogP contribution in [0, 0.1) is 0 Å². The van der Waals surface area contributed by atoms with Crippen LogP contribution in [0.3, 0.4) is 0 Å². The van der Waals surface area contributed by atoms with E-state index in [0.29, 0.717) is 4.21 Å². The minimum atomic E-state index is -3.25. The maximum Gasteiger partial charge on any atom is 0.250 e. The van der Waals surface area contributed by atoms with Crippen LogP contribution in [0.25, 0.3) is 0 Å². The minimum absolute atomic E-state index is 0. The van der Waals surface area contributed by atoms with Gasteiger partial charge in [-0.05, 0) is 11.4 Å². The average molecular weight is 255 g/mol. The maximum atomic E-state index is 11.6. The molecule has 0 amide bonds. The van der Waals surface area contributed by atoms with Gasteiger partial charge < -0.3 is 5.32 Å². The number of halogens is 1. The van der Waals surface area contributed by atoms with Crippen molar-refractivity contribution in [2.75, 3.05) is 13.1 Å². The summed E-state index contributed by atoms with van der Waals surface area (Å²) in [5, 5.41) is 4.76. The molecule has 80 valence electrons. The zero-order chi connectivity index (χ0) is 9.31. The van der Waals surface area contributed by atoms with Gasteiger partial charge in [0.2, 0.25) is 10.0 Å². The van der Waals surface area contributed by atoms with Gasteiger partial charge in [-0.15, -0.1) is 23.7 Å². The molecule has 7 heteroatoms. The van der Waals surface area contributed by atoms with Crippen molar-refractivity contribution in [1.82, 2.24) is 10.0 Å². The van der Waals surface area contributed by atoms with E-state index in [1.165, 1.54) is 11.3 Å². The van der Waals surface area contributed by atoms with Crippen LogP contribution in [-0.4, -0.2) is 27.5 Å². The Morgan fingerprint density at radius 3 is 2.64 bits per heavy atom. The van der Waals surface area contributed by atoms with Crippen LogP contribution in [0.4, 0.5) is 0 Å². The third-order valence-corrected chi connectivity index (χ3v) is 4.78. The Bertz CT molecular complexity index is 372. The molecule has 1 fully saturated rings. The highest BCUT2D eigenvalue weighted by Crippen LogP contribution is 2.16. The summed E-state index contributed by atoms with van der Waals surface area (Å²) in [7, 11) is -3.25. The molecule has 0 atom stereocenters. The topological polar surface area (TPSA) is 58.2 Å². The normalized spacial score (nSPS) is 17.1. The second-order valence-electron chi connectivity index (χ2n) is 2.91.